The largest absolute Gasteiger partial charge is 1.00 e. The van der Waals surface area contributed by atoms with E-state index in [1.54, 1.807) is 12.1 Å². The van der Waals surface area contributed by atoms with Crippen LogP contribution in [0, 0.1) is 12.8 Å². The van der Waals surface area contributed by atoms with Crippen LogP contribution in [0.3, 0.4) is 0 Å². The SMILES string of the molecule is CCCCn1c2c([n+](CC3CCCCC3)c1C)C(=O)c1ccccc1C2=O.[Br-]. The van der Waals surface area contributed by atoms with E-state index in [2.05, 4.69) is 23.0 Å². The summed E-state index contributed by atoms with van der Waals surface area (Å²) in [6, 6.07) is 7.28. The highest BCUT2D eigenvalue weighted by atomic mass is 79.9. The molecule has 5 heteroatoms. The Hall–Kier alpha value is -1.75. The lowest BCUT2D eigenvalue weighted by Crippen LogP contribution is -3.00. The third kappa shape index (κ3) is 3.49. The number of rotatable bonds is 5. The minimum atomic E-state index is 0. The fourth-order valence-electron chi connectivity index (χ4n) is 4.76. The van der Waals surface area contributed by atoms with Crippen LogP contribution in [-0.4, -0.2) is 16.1 Å². The Bertz CT molecular complexity index is 894. The molecule has 150 valence electrons. The minimum absolute atomic E-state index is 0. The Labute approximate surface area is 177 Å². The predicted molar refractivity (Wildman–Crippen MR) is 104 cm³/mol. The third-order valence-electron chi connectivity index (χ3n) is 6.29. The van der Waals surface area contributed by atoms with Crippen LogP contribution in [0.2, 0.25) is 0 Å². The molecule has 1 fully saturated rings. The van der Waals surface area contributed by atoms with Gasteiger partial charge in [0.1, 0.15) is 0 Å². The maximum atomic E-state index is 13.4. The van der Waals surface area contributed by atoms with Crippen LogP contribution in [-0.2, 0) is 13.1 Å². The highest BCUT2D eigenvalue weighted by molar-refractivity contribution is 6.26. The number of hydrogen-bond acceptors (Lipinski definition) is 2. The summed E-state index contributed by atoms with van der Waals surface area (Å²) in [5.41, 5.74) is 2.34. The van der Waals surface area contributed by atoms with E-state index in [1.807, 2.05) is 12.1 Å². The van der Waals surface area contributed by atoms with Crippen LogP contribution in [0.15, 0.2) is 24.3 Å². The highest BCUT2D eigenvalue weighted by Crippen LogP contribution is 2.29. The summed E-state index contributed by atoms with van der Waals surface area (Å²) in [6.07, 6.45) is 8.39. The first-order valence-corrected chi connectivity index (χ1v) is 10.4. The summed E-state index contributed by atoms with van der Waals surface area (Å²) in [4.78, 5) is 26.7. The number of benzene rings is 1. The van der Waals surface area contributed by atoms with Gasteiger partial charge in [-0.3, -0.25) is 9.59 Å². The molecule has 1 aromatic heterocycles. The molecule has 0 unspecified atom stereocenters. The summed E-state index contributed by atoms with van der Waals surface area (Å²) in [5.74, 6) is 1.67. The van der Waals surface area contributed by atoms with Crippen LogP contribution in [0.1, 0.15) is 89.8 Å². The van der Waals surface area contributed by atoms with Gasteiger partial charge in [0, 0.05) is 18.1 Å². The second kappa shape index (κ2) is 8.73. The van der Waals surface area contributed by atoms with E-state index >= 15 is 0 Å². The number of carbonyl (C=O) groups is 2. The quantitative estimate of drug-likeness (QED) is 0.555. The lowest BCUT2D eigenvalue weighted by molar-refractivity contribution is -0.710. The van der Waals surface area contributed by atoms with Crippen molar-refractivity contribution >= 4 is 11.6 Å². The van der Waals surface area contributed by atoms with Gasteiger partial charge < -0.3 is 17.0 Å². The standard InChI is InChI=1S/C23H29N2O2.BrH/c1-3-4-14-24-16(2)25(15-17-10-6-5-7-11-17)21-20(24)22(26)18-12-8-9-13-19(18)23(21)27;/h8-9,12-13,17H,3-7,10-11,14-15H2,1-2H3;1H/q+1;/p-1. The number of carbonyl (C=O) groups excluding carboxylic acids is 2. The molecule has 2 aromatic rings. The number of aromatic nitrogens is 2. The van der Waals surface area contributed by atoms with Crippen molar-refractivity contribution in [3.05, 3.63) is 52.6 Å². The van der Waals surface area contributed by atoms with Gasteiger partial charge in [0.2, 0.25) is 23.0 Å². The van der Waals surface area contributed by atoms with Gasteiger partial charge in [-0.1, -0.05) is 56.9 Å². The second-order valence-corrected chi connectivity index (χ2v) is 8.07. The number of ketones is 2. The van der Waals surface area contributed by atoms with Gasteiger partial charge in [-0.05, 0) is 25.2 Å². The monoisotopic (exact) mass is 444 g/mol. The molecule has 0 atom stereocenters. The molecular weight excluding hydrogens is 416 g/mol. The van der Waals surface area contributed by atoms with Crippen molar-refractivity contribution in [3.63, 3.8) is 0 Å². The summed E-state index contributed by atoms with van der Waals surface area (Å²) >= 11 is 0. The molecule has 0 saturated heterocycles. The van der Waals surface area contributed by atoms with Gasteiger partial charge >= 0.3 is 0 Å². The van der Waals surface area contributed by atoms with Gasteiger partial charge in [-0.15, -0.1) is 0 Å². The lowest BCUT2D eigenvalue weighted by atomic mass is 9.88. The van der Waals surface area contributed by atoms with Crippen LogP contribution >= 0.6 is 0 Å². The van der Waals surface area contributed by atoms with Crippen molar-refractivity contribution in [2.24, 2.45) is 5.92 Å². The molecule has 0 aliphatic heterocycles. The first-order chi connectivity index (χ1) is 13.1. The Morgan fingerprint density at radius 1 is 1.04 bits per heavy atom. The van der Waals surface area contributed by atoms with Gasteiger partial charge in [-0.25, -0.2) is 9.13 Å². The van der Waals surface area contributed by atoms with Gasteiger partial charge in [0.05, 0.1) is 13.1 Å². The maximum Gasteiger partial charge on any atom is 0.254 e. The van der Waals surface area contributed by atoms with Crippen LogP contribution < -0.4 is 21.5 Å². The molecule has 1 heterocycles. The molecule has 4 nitrogen and oxygen atoms in total. The van der Waals surface area contributed by atoms with E-state index in [9.17, 15) is 9.59 Å². The van der Waals surface area contributed by atoms with Crippen molar-refractivity contribution < 1.29 is 31.1 Å². The van der Waals surface area contributed by atoms with E-state index in [0.29, 0.717) is 28.4 Å². The van der Waals surface area contributed by atoms with Crippen molar-refractivity contribution in [2.75, 3.05) is 0 Å². The average Bonchev–Trinajstić information content (AvgIpc) is 2.97. The van der Waals surface area contributed by atoms with Crippen molar-refractivity contribution in [3.8, 4) is 0 Å². The van der Waals surface area contributed by atoms with Gasteiger partial charge in [0.15, 0.2) is 0 Å². The Morgan fingerprint density at radius 3 is 2.32 bits per heavy atom. The topological polar surface area (TPSA) is 43.0 Å². The summed E-state index contributed by atoms with van der Waals surface area (Å²) in [6.45, 7) is 5.88. The number of nitrogens with zero attached hydrogens (tertiary/aromatic N) is 2. The molecule has 2 aliphatic carbocycles. The van der Waals surface area contributed by atoms with Crippen molar-refractivity contribution in [1.82, 2.24) is 4.57 Å². The second-order valence-electron chi connectivity index (χ2n) is 8.07. The summed E-state index contributed by atoms with van der Waals surface area (Å²) < 4.78 is 4.27. The number of halogens is 1. The molecule has 4 rings (SSSR count). The third-order valence-corrected chi connectivity index (χ3v) is 6.29. The summed E-state index contributed by atoms with van der Waals surface area (Å²) in [7, 11) is 0. The Kier molecular flexibility index (Phi) is 6.54. The van der Waals surface area contributed by atoms with Crippen molar-refractivity contribution in [2.45, 2.75) is 71.9 Å². The molecule has 0 radical (unpaired) electrons. The molecule has 0 amide bonds. The highest BCUT2D eigenvalue weighted by Gasteiger charge is 2.43. The fourth-order valence-corrected chi connectivity index (χ4v) is 4.76. The van der Waals surface area contributed by atoms with E-state index in [0.717, 1.165) is 31.8 Å². The van der Waals surface area contributed by atoms with Crippen LogP contribution in [0.4, 0.5) is 0 Å². The number of imidazole rings is 1. The number of fused-ring (bicyclic) bond motifs is 2. The number of hydrogen-bond donors (Lipinski definition) is 0. The molecule has 1 saturated carbocycles. The molecule has 0 N–H and O–H groups in total. The zero-order valence-electron chi connectivity index (χ0n) is 16.8. The average molecular weight is 445 g/mol. The molecule has 0 bridgehead atoms. The predicted octanol–water partition coefficient (Wildman–Crippen LogP) is 1.24. The van der Waals surface area contributed by atoms with Crippen LogP contribution in [0.5, 0.6) is 0 Å². The molecule has 2 aliphatic rings. The Balaban J connectivity index is 0.00000225. The minimum Gasteiger partial charge on any atom is -1.00 e. The molecular formula is C23H29BrN2O2. The summed E-state index contributed by atoms with van der Waals surface area (Å²) in [5, 5.41) is 0. The fraction of sp³-hybridized carbons (Fsp3) is 0.522. The van der Waals surface area contributed by atoms with E-state index < -0.39 is 0 Å². The van der Waals surface area contributed by atoms with Gasteiger partial charge in [0.25, 0.3) is 5.82 Å². The van der Waals surface area contributed by atoms with E-state index in [4.69, 9.17) is 0 Å². The molecule has 0 spiro atoms. The first-order valence-electron chi connectivity index (χ1n) is 10.4. The van der Waals surface area contributed by atoms with E-state index in [-0.39, 0.29) is 28.5 Å². The zero-order chi connectivity index (χ0) is 19.0. The maximum absolute atomic E-state index is 13.4. The number of unbranched alkanes of at least 4 members (excludes halogenated alkanes) is 1. The van der Waals surface area contributed by atoms with Crippen LogP contribution in [0.25, 0.3) is 0 Å². The van der Waals surface area contributed by atoms with E-state index in [1.165, 1.54) is 32.1 Å². The lowest BCUT2D eigenvalue weighted by Gasteiger charge is -2.21. The Morgan fingerprint density at radius 2 is 1.68 bits per heavy atom. The van der Waals surface area contributed by atoms with Crippen molar-refractivity contribution in [1.29, 1.82) is 0 Å². The smallest absolute Gasteiger partial charge is 0.254 e. The normalized spacial score (nSPS) is 16.5. The molecule has 1 aromatic carbocycles. The zero-order valence-corrected chi connectivity index (χ0v) is 18.4. The van der Waals surface area contributed by atoms with Gasteiger partial charge in [-0.2, -0.15) is 0 Å². The molecule has 28 heavy (non-hydrogen) atoms. The first kappa shape index (κ1) is 21.0.